The smallest absolute Gasteiger partial charge is 0.0607 e. The van der Waals surface area contributed by atoms with E-state index in [1.807, 2.05) is 0 Å². The van der Waals surface area contributed by atoms with Gasteiger partial charge in [-0.25, -0.2) is 0 Å². The maximum Gasteiger partial charge on any atom is 0.0607 e. The molecular formula is C13H22O2. The molecule has 1 heterocycles. The molecule has 2 saturated carbocycles. The maximum absolute atomic E-state index is 6.04. The lowest BCUT2D eigenvalue weighted by Gasteiger charge is -2.28. The Bertz CT molecular complexity index is 215. The van der Waals surface area contributed by atoms with Crippen molar-refractivity contribution in [3.05, 3.63) is 0 Å². The van der Waals surface area contributed by atoms with Gasteiger partial charge < -0.3 is 9.47 Å². The van der Waals surface area contributed by atoms with E-state index in [-0.39, 0.29) is 0 Å². The normalized spacial score (nSPS) is 46.4. The van der Waals surface area contributed by atoms with Crippen LogP contribution in [0.15, 0.2) is 0 Å². The highest BCUT2D eigenvalue weighted by molar-refractivity contribution is 4.92. The van der Waals surface area contributed by atoms with Gasteiger partial charge in [0.25, 0.3) is 0 Å². The molecule has 2 heteroatoms. The molecule has 3 rings (SSSR count). The van der Waals surface area contributed by atoms with E-state index in [2.05, 4.69) is 0 Å². The summed E-state index contributed by atoms with van der Waals surface area (Å²) in [6.45, 7) is 1.97. The molecule has 4 atom stereocenters. The minimum atomic E-state index is 0.556. The second-order valence-corrected chi connectivity index (χ2v) is 5.53. The third-order valence-corrected chi connectivity index (χ3v) is 4.36. The molecule has 0 N–H and O–H groups in total. The standard InChI is InChI=1S/C13H22O2/c1-2-4-14-12-7-10-6-11(9-12)13(8-10)15-5-3-1/h10-13H,1-9H2. The second kappa shape index (κ2) is 4.42. The molecule has 15 heavy (non-hydrogen) atoms. The molecule has 1 aliphatic heterocycles. The number of ether oxygens (including phenoxy) is 2. The van der Waals surface area contributed by atoms with Gasteiger partial charge in [0, 0.05) is 13.2 Å². The highest BCUT2D eigenvalue weighted by Gasteiger charge is 2.41. The van der Waals surface area contributed by atoms with Crippen LogP contribution in [0.4, 0.5) is 0 Å². The first-order valence-corrected chi connectivity index (χ1v) is 6.65. The minimum Gasteiger partial charge on any atom is -0.378 e. The Labute approximate surface area is 92.3 Å². The summed E-state index contributed by atoms with van der Waals surface area (Å²) in [6, 6.07) is 0. The number of rotatable bonds is 0. The molecule has 86 valence electrons. The molecule has 0 radical (unpaired) electrons. The zero-order chi connectivity index (χ0) is 10.1. The first-order valence-electron chi connectivity index (χ1n) is 6.65. The minimum absolute atomic E-state index is 0.556. The summed E-state index contributed by atoms with van der Waals surface area (Å²) in [5.41, 5.74) is 0. The van der Waals surface area contributed by atoms with Gasteiger partial charge in [-0.15, -0.1) is 0 Å². The SMILES string of the molecule is C1CCOC2CC3CC(C2)C(C3)OCC1. The largest absolute Gasteiger partial charge is 0.378 e. The maximum atomic E-state index is 6.04. The van der Waals surface area contributed by atoms with Crippen molar-refractivity contribution >= 4 is 0 Å². The Balaban J connectivity index is 1.68. The molecule has 3 bridgehead atoms. The number of hydrogen-bond acceptors (Lipinski definition) is 2. The molecule has 0 amide bonds. The summed E-state index contributed by atoms with van der Waals surface area (Å²) in [4.78, 5) is 0. The van der Waals surface area contributed by atoms with Gasteiger partial charge in [-0.05, 0) is 56.8 Å². The van der Waals surface area contributed by atoms with Gasteiger partial charge in [0.15, 0.2) is 0 Å². The van der Waals surface area contributed by atoms with E-state index in [0.29, 0.717) is 12.2 Å². The quantitative estimate of drug-likeness (QED) is 0.612. The fourth-order valence-electron chi connectivity index (χ4n) is 3.65. The molecule has 0 aromatic heterocycles. The molecule has 1 saturated heterocycles. The van der Waals surface area contributed by atoms with E-state index in [4.69, 9.17) is 9.47 Å². The van der Waals surface area contributed by atoms with Crippen LogP contribution in [-0.2, 0) is 9.47 Å². The fraction of sp³-hybridized carbons (Fsp3) is 1.00. The summed E-state index contributed by atoms with van der Waals surface area (Å²) >= 11 is 0. The Kier molecular flexibility index (Phi) is 2.98. The molecule has 0 aromatic carbocycles. The van der Waals surface area contributed by atoms with Crippen LogP contribution in [0.5, 0.6) is 0 Å². The van der Waals surface area contributed by atoms with Gasteiger partial charge in [-0.1, -0.05) is 0 Å². The van der Waals surface area contributed by atoms with Crippen LogP contribution < -0.4 is 0 Å². The predicted octanol–water partition coefficient (Wildman–Crippen LogP) is 2.76. The summed E-state index contributed by atoms with van der Waals surface area (Å²) in [5.74, 6) is 1.71. The van der Waals surface area contributed by atoms with Crippen LogP contribution in [0.2, 0.25) is 0 Å². The van der Waals surface area contributed by atoms with Crippen LogP contribution in [0.1, 0.15) is 44.9 Å². The van der Waals surface area contributed by atoms with Crippen molar-refractivity contribution in [3.63, 3.8) is 0 Å². The van der Waals surface area contributed by atoms with Crippen LogP contribution in [0.3, 0.4) is 0 Å². The third-order valence-electron chi connectivity index (χ3n) is 4.36. The molecule has 0 aromatic rings. The van der Waals surface area contributed by atoms with Gasteiger partial charge >= 0.3 is 0 Å². The van der Waals surface area contributed by atoms with Gasteiger partial charge in [0.05, 0.1) is 12.2 Å². The Hall–Kier alpha value is -0.0800. The van der Waals surface area contributed by atoms with Crippen molar-refractivity contribution in [2.45, 2.75) is 57.2 Å². The molecule has 3 aliphatic rings. The molecular weight excluding hydrogens is 188 g/mol. The van der Waals surface area contributed by atoms with E-state index in [9.17, 15) is 0 Å². The lowest BCUT2D eigenvalue weighted by atomic mass is 9.87. The van der Waals surface area contributed by atoms with E-state index in [1.54, 1.807) is 0 Å². The van der Waals surface area contributed by atoms with Crippen molar-refractivity contribution in [2.24, 2.45) is 11.8 Å². The first-order chi connectivity index (χ1) is 7.42. The number of hydrogen-bond donors (Lipinski definition) is 0. The average molecular weight is 210 g/mol. The highest BCUT2D eigenvalue weighted by atomic mass is 16.5. The first kappa shape index (κ1) is 10.1. The Morgan fingerprint density at radius 3 is 2.53 bits per heavy atom. The van der Waals surface area contributed by atoms with E-state index >= 15 is 0 Å². The van der Waals surface area contributed by atoms with Crippen LogP contribution in [0.25, 0.3) is 0 Å². The highest BCUT2D eigenvalue weighted by Crippen LogP contribution is 2.44. The summed E-state index contributed by atoms with van der Waals surface area (Å²) in [6.07, 6.45) is 10.1. The molecule has 0 spiro atoms. The van der Waals surface area contributed by atoms with Gasteiger partial charge in [-0.3, -0.25) is 0 Å². The monoisotopic (exact) mass is 210 g/mol. The zero-order valence-electron chi connectivity index (χ0n) is 9.49. The topological polar surface area (TPSA) is 18.5 Å². The summed E-state index contributed by atoms with van der Waals surface area (Å²) in [5, 5.41) is 0. The van der Waals surface area contributed by atoms with Gasteiger partial charge in [0.2, 0.25) is 0 Å². The summed E-state index contributed by atoms with van der Waals surface area (Å²) < 4.78 is 12.0. The van der Waals surface area contributed by atoms with Crippen molar-refractivity contribution < 1.29 is 9.47 Å². The van der Waals surface area contributed by atoms with Crippen LogP contribution in [0, 0.1) is 11.8 Å². The predicted molar refractivity (Wildman–Crippen MR) is 58.8 cm³/mol. The molecule has 3 fully saturated rings. The van der Waals surface area contributed by atoms with Crippen LogP contribution >= 0.6 is 0 Å². The van der Waals surface area contributed by atoms with Crippen LogP contribution in [-0.4, -0.2) is 25.4 Å². The number of fused-ring (bicyclic) bond motifs is 2. The van der Waals surface area contributed by atoms with E-state index in [1.165, 1.54) is 44.9 Å². The molecule has 2 nitrogen and oxygen atoms in total. The van der Waals surface area contributed by atoms with Crippen molar-refractivity contribution in [1.82, 2.24) is 0 Å². The fourth-order valence-corrected chi connectivity index (χ4v) is 3.65. The molecule has 2 aliphatic carbocycles. The Morgan fingerprint density at radius 2 is 1.60 bits per heavy atom. The van der Waals surface area contributed by atoms with E-state index < -0.39 is 0 Å². The third kappa shape index (κ3) is 2.21. The lowest BCUT2D eigenvalue weighted by Crippen LogP contribution is -2.26. The van der Waals surface area contributed by atoms with Crippen molar-refractivity contribution in [2.75, 3.05) is 13.2 Å². The zero-order valence-corrected chi connectivity index (χ0v) is 9.49. The lowest BCUT2D eigenvalue weighted by molar-refractivity contribution is -0.00735. The Morgan fingerprint density at radius 1 is 0.733 bits per heavy atom. The van der Waals surface area contributed by atoms with Crippen molar-refractivity contribution in [3.8, 4) is 0 Å². The summed E-state index contributed by atoms with van der Waals surface area (Å²) in [7, 11) is 0. The molecule has 4 unspecified atom stereocenters. The van der Waals surface area contributed by atoms with Gasteiger partial charge in [0.1, 0.15) is 0 Å². The second-order valence-electron chi connectivity index (χ2n) is 5.53. The van der Waals surface area contributed by atoms with Gasteiger partial charge in [-0.2, -0.15) is 0 Å². The van der Waals surface area contributed by atoms with Crippen molar-refractivity contribution in [1.29, 1.82) is 0 Å². The van der Waals surface area contributed by atoms with E-state index in [0.717, 1.165) is 25.0 Å². The average Bonchev–Trinajstić information content (AvgIpc) is 2.50.